The summed E-state index contributed by atoms with van der Waals surface area (Å²) in [4.78, 5) is 15.7. The van der Waals surface area contributed by atoms with E-state index in [2.05, 4.69) is 83.5 Å². The van der Waals surface area contributed by atoms with Crippen molar-refractivity contribution < 1.29 is 9.47 Å². The predicted octanol–water partition coefficient (Wildman–Crippen LogP) is 5.19. The van der Waals surface area contributed by atoms with Crippen LogP contribution in [0.4, 0.5) is 23.5 Å². The van der Waals surface area contributed by atoms with Gasteiger partial charge in [0.15, 0.2) is 0 Å². The highest BCUT2D eigenvalue weighted by Gasteiger charge is 2.17. The Hall–Kier alpha value is -2.28. The van der Waals surface area contributed by atoms with Crippen LogP contribution in [0.15, 0.2) is 54.9 Å². The Bertz CT molecular complexity index is 1160. The number of aromatic nitrogens is 3. The summed E-state index contributed by atoms with van der Waals surface area (Å²) >= 11 is 10.5. The number of morpholine rings is 1. The van der Waals surface area contributed by atoms with Gasteiger partial charge in [0.2, 0.25) is 17.8 Å². The van der Waals surface area contributed by atoms with Crippen LogP contribution in [-0.2, 0) is 4.74 Å². The third-order valence-electron chi connectivity index (χ3n) is 4.61. The van der Waals surface area contributed by atoms with Crippen LogP contribution in [-0.4, -0.2) is 54.6 Å². The van der Waals surface area contributed by atoms with Gasteiger partial charge >= 0.3 is 0 Å². The zero-order valence-corrected chi connectivity index (χ0v) is 22.3. The SMILES string of the molecule is COc1c(Br)cc(Br)cc1C=NNc1nc(Nc2cccc(Br)c2)nc(N2CCOCC2)n1. The van der Waals surface area contributed by atoms with Crippen LogP contribution in [0.5, 0.6) is 5.75 Å². The fourth-order valence-corrected chi connectivity index (χ4v) is 4.94. The van der Waals surface area contributed by atoms with Crippen molar-refractivity contribution in [1.82, 2.24) is 15.0 Å². The molecule has 2 aromatic carbocycles. The first-order valence-electron chi connectivity index (χ1n) is 9.95. The van der Waals surface area contributed by atoms with Gasteiger partial charge in [-0.15, -0.1) is 0 Å². The van der Waals surface area contributed by atoms with E-state index in [4.69, 9.17) is 9.47 Å². The summed E-state index contributed by atoms with van der Waals surface area (Å²) in [7, 11) is 1.61. The maximum atomic E-state index is 5.47. The fourth-order valence-electron chi connectivity index (χ4n) is 3.12. The molecule has 1 saturated heterocycles. The predicted molar refractivity (Wildman–Crippen MR) is 140 cm³/mol. The summed E-state index contributed by atoms with van der Waals surface area (Å²) in [5.41, 5.74) is 4.54. The van der Waals surface area contributed by atoms with Crippen molar-refractivity contribution in [3.63, 3.8) is 0 Å². The first-order valence-corrected chi connectivity index (χ1v) is 12.3. The zero-order chi connectivity index (χ0) is 23.2. The van der Waals surface area contributed by atoms with E-state index in [-0.39, 0.29) is 0 Å². The van der Waals surface area contributed by atoms with Gasteiger partial charge in [-0.2, -0.15) is 20.1 Å². The number of nitrogens with one attached hydrogen (secondary N) is 2. The molecule has 12 heteroatoms. The quantitative estimate of drug-likeness (QED) is 0.269. The molecule has 0 atom stereocenters. The van der Waals surface area contributed by atoms with Crippen LogP contribution in [0.3, 0.4) is 0 Å². The molecule has 0 saturated carbocycles. The van der Waals surface area contributed by atoms with Gasteiger partial charge in [-0.1, -0.05) is 37.9 Å². The molecule has 0 radical (unpaired) electrons. The molecule has 3 aromatic rings. The molecule has 0 bridgehead atoms. The third-order valence-corrected chi connectivity index (χ3v) is 6.15. The number of methoxy groups -OCH3 is 1. The highest BCUT2D eigenvalue weighted by Crippen LogP contribution is 2.31. The van der Waals surface area contributed by atoms with E-state index in [1.807, 2.05) is 36.4 Å². The first kappa shape index (κ1) is 23.9. The van der Waals surface area contributed by atoms with Crippen molar-refractivity contribution in [3.8, 4) is 5.75 Å². The number of hydrazone groups is 1. The Kier molecular flexibility index (Phi) is 8.12. The summed E-state index contributed by atoms with van der Waals surface area (Å²) in [5, 5.41) is 7.55. The number of anilines is 4. The second kappa shape index (κ2) is 11.2. The Labute approximate surface area is 216 Å². The van der Waals surface area contributed by atoms with Gasteiger partial charge in [0, 0.05) is 33.3 Å². The van der Waals surface area contributed by atoms with E-state index in [9.17, 15) is 0 Å². The summed E-state index contributed by atoms with van der Waals surface area (Å²) < 4.78 is 13.6. The van der Waals surface area contributed by atoms with Crippen molar-refractivity contribution in [3.05, 3.63) is 55.4 Å². The van der Waals surface area contributed by atoms with Crippen molar-refractivity contribution in [2.24, 2.45) is 5.10 Å². The zero-order valence-electron chi connectivity index (χ0n) is 17.6. The molecule has 0 unspecified atom stereocenters. The van der Waals surface area contributed by atoms with Gasteiger partial charge in [-0.05, 0) is 46.3 Å². The molecule has 2 N–H and O–H groups in total. The van der Waals surface area contributed by atoms with Crippen LogP contribution in [0.25, 0.3) is 0 Å². The summed E-state index contributed by atoms with van der Waals surface area (Å²) in [6.45, 7) is 2.65. The second-order valence-corrected chi connectivity index (χ2v) is 9.58. The maximum absolute atomic E-state index is 5.47. The number of hydrogen-bond acceptors (Lipinski definition) is 9. The second-order valence-electron chi connectivity index (χ2n) is 6.90. The van der Waals surface area contributed by atoms with Crippen molar-refractivity contribution in [2.45, 2.75) is 0 Å². The van der Waals surface area contributed by atoms with Crippen LogP contribution < -0.4 is 20.4 Å². The van der Waals surface area contributed by atoms with Crippen molar-refractivity contribution >= 4 is 77.5 Å². The first-order chi connectivity index (χ1) is 16.0. The topological polar surface area (TPSA) is 96.8 Å². The molecule has 2 heterocycles. The minimum atomic E-state index is 0.313. The van der Waals surface area contributed by atoms with E-state index in [1.54, 1.807) is 13.3 Å². The molecule has 1 aromatic heterocycles. The average Bonchev–Trinajstić information content (AvgIpc) is 2.79. The lowest BCUT2D eigenvalue weighted by atomic mass is 10.2. The standard InChI is InChI=1S/C21H20Br3N7O2/c1-32-18-13(9-15(23)11-17(18)24)12-25-30-20-27-19(26-16-4-2-3-14(22)10-16)28-21(29-20)31-5-7-33-8-6-31/h2-4,9-12H,5-8H2,1H3,(H2,26,27,28,29,30). The van der Waals surface area contributed by atoms with E-state index >= 15 is 0 Å². The molecular weight excluding hydrogens is 622 g/mol. The Balaban J connectivity index is 1.60. The lowest BCUT2D eigenvalue weighted by molar-refractivity contribution is 0.122. The van der Waals surface area contributed by atoms with Gasteiger partial charge in [-0.3, -0.25) is 0 Å². The average molecular weight is 642 g/mol. The minimum absolute atomic E-state index is 0.313. The Morgan fingerprint density at radius 2 is 1.82 bits per heavy atom. The molecule has 0 spiro atoms. The lowest BCUT2D eigenvalue weighted by Crippen LogP contribution is -2.37. The van der Waals surface area contributed by atoms with E-state index in [0.29, 0.717) is 49.9 Å². The number of halogens is 3. The maximum Gasteiger partial charge on any atom is 0.250 e. The molecule has 33 heavy (non-hydrogen) atoms. The molecule has 1 aliphatic rings. The number of benzene rings is 2. The van der Waals surface area contributed by atoms with Gasteiger partial charge in [0.25, 0.3) is 0 Å². The van der Waals surface area contributed by atoms with E-state index in [0.717, 1.165) is 24.7 Å². The largest absolute Gasteiger partial charge is 0.495 e. The number of hydrogen-bond donors (Lipinski definition) is 2. The molecule has 172 valence electrons. The molecular formula is C21H20Br3N7O2. The molecule has 4 rings (SSSR count). The summed E-state index contributed by atoms with van der Waals surface area (Å²) in [6.07, 6.45) is 1.65. The fraction of sp³-hybridized carbons (Fsp3) is 0.238. The van der Waals surface area contributed by atoms with Gasteiger partial charge in [0.05, 0.1) is 31.0 Å². The van der Waals surface area contributed by atoms with Crippen LogP contribution >= 0.6 is 47.8 Å². The van der Waals surface area contributed by atoms with Gasteiger partial charge in [0.1, 0.15) is 5.75 Å². The Morgan fingerprint density at radius 3 is 2.58 bits per heavy atom. The molecule has 1 fully saturated rings. The van der Waals surface area contributed by atoms with Gasteiger partial charge in [-0.25, -0.2) is 5.43 Å². The normalized spacial score (nSPS) is 13.9. The smallest absolute Gasteiger partial charge is 0.250 e. The van der Waals surface area contributed by atoms with Crippen LogP contribution in [0, 0.1) is 0 Å². The van der Waals surface area contributed by atoms with E-state index < -0.39 is 0 Å². The Morgan fingerprint density at radius 1 is 1.03 bits per heavy atom. The summed E-state index contributed by atoms with van der Waals surface area (Å²) in [5.74, 6) is 1.94. The lowest BCUT2D eigenvalue weighted by Gasteiger charge is -2.27. The van der Waals surface area contributed by atoms with E-state index in [1.165, 1.54) is 0 Å². The van der Waals surface area contributed by atoms with Crippen LogP contribution in [0.1, 0.15) is 5.56 Å². The number of ether oxygens (including phenoxy) is 2. The summed E-state index contributed by atoms with van der Waals surface area (Å²) in [6, 6.07) is 11.6. The number of nitrogens with zero attached hydrogens (tertiary/aromatic N) is 5. The molecule has 0 amide bonds. The monoisotopic (exact) mass is 639 g/mol. The van der Waals surface area contributed by atoms with Gasteiger partial charge < -0.3 is 19.7 Å². The highest BCUT2D eigenvalue weighted by molar-refractivity contribution is 9.11. The van der Waals surface area contributed by atoms with Crippen LogP contribution in [0.2, 0.25) is 0 Å². The molecule has 1 aliphatic heterocycles. The number of rotatable bonds is 7. The van der Waals surface area contributed by atoms with Crippen molar-refractivity contribution in [1.29, 1.82) is 0 Å². The molecule has 9 nitrogen and oxygen atoms in total. The third kappa shape index (κ3) is 6.40. The molecule has 0 aliphatic carbocycles. The highest BCUT2D eigenvalue weighted by atomic mass is 79.9. The van der Waals surface area contributed by atoms with Crippen molar-refractivity contribution in [2.75, 3.05) is 49.1 Å². The minimum Gasteiger partial charge on any atom is -0.495 e.